The van der Waals surface area contributed by atoms with Gasteiger partial charge >= 0.3 is 5.97 Å². The van der Waals surface area contributed by atoms with Gasteiger partial charge in [0.05, 0.1) is 12.5 Å². The Bertz CT molecular complexity index is 1220. The summed E-state index contributed by atoms with van der Waals surface area (Å²) in [5.74, 6) is -0.655. The smallest absolute Gasteiger partial charge is 0.305 e. The highest BCUT2D eigenvalue weighted by Crippen LogP contribution is 2.47. The van der Waals surface area contributed by atoms with E-state index in [1.165, 1.54) is 12.1 Å². The Balaban J connectivity index is 1.65. The van der Waals surface area contributed by atoms with E-state index in [4.69, 9.17) is 10.1 Å². The Morgan fingerprint density at radius 2 is 1.74 bits per heavy atom. The van der Waals surface area contributed by atoms with Crippen molar-refractivity contribution in [3.8, 4) is 0 Å². The molecule has 2 aromatic rings. The van der Waals surface area contributed by atoms with Crippen molar-refractivity contribution in [2.24, 2.45) is 16.8 Å². The third-order valence-corrected chi connectivity index (χ3v) is 8.14. The van der Waals surface area contributed by atoms with Crippen LogP contribution in [0.4, 0.5) is 4.39 Å². The Morgan fingerprint density at radius 1 is 1.10 bits per heavy atom. The third-order valence-electron chi connectivity index (χ3n) is 8.14. The summed E-state index contributed by atoms with van der Waals surface area (Å²) in [6, 6.07) is 12.9. The minimum absolute atomic E-state index is 0.0556. The van der Waals surface area contributed by atoms with Crippen molar-refractivity contribution in [3.05, 3.63) is 71.0 Å². The number of halogens is 1. The maximum Gasteiger partial charge on any atom is 0.305 e. The lowest BCUT2D eigenvalue weighted by molar-refractivity contribution is -0.137. The van der Waals surface area contributed by atoms with Crippen LogP contribution in [0.15, 0.2) is 53.5 Å². The average Bonchev–Trinajstić information content (AvgIpc) is 3.18. The molecular formula is C31H38FN3O4. The molecule has 1 spiro atoms. The van der Waals surface area contributed by atoms with Gasteiger partial charge in [-0.15, -0.1) is 0 Å². The highest BCUT2D eigenvalue weighted by atomic mass is 19.1. The van der Waals surface area contributed by atoms with Crippen LogP contribution in [0, 0.1) is 17.7 Å². The zero-order chi connectivity index (χ0) is 28.2. The summed E-state index contributed by atoms with van der Waals surface area (Å²) >= 11 is 0. The van der Waals surface area contributed by atoms with Gasteiger partial charge < -0.3 is 15.3 Å². The van der Waals surface area contributed by atoms with Crippen LogP contribution in [0.1, 0.15) is 93.2 Å². The second-order valence-electron chi connectivity index (χ2n) is 11.0. The van der Waals surface area contributed by atoms with Gasteiger partial charge in [-0.1, -0.05) is 39.3 Å². The molecule has 1 unspecified atom stereocenters. The summed E-state index contributed by atoms with van der Waals surface area (Å²) in [7, 11) is 0. The van der Waals surface area contributed by atoms with Crippen LogP contribution in [-0.2, 0) is 9.59 Å². The number of aliphatic carboxylic acids is 1. The number of carboxylic acid groups (broad SMARTS) is 1. The predicted molar refractivity (Wildman–Crippen MR) is 148 cm³/mol. The first-order chi connectivity index (χ1) is 18.6. The molecule has 1 atom stereocenters. The molecular weight excluding hydrogens is 497 g/mol. The molecule has 1 saturated carbocycles. The van der Waals surface area contributed by atoms with E-state index in [1.807, 2.05) is 17.0 Å². The van der Waals surface area contributed by atoms with E-state index in [-0.39, 0.29) is 36.6 Å². The molecule has 2 N–H and O–H groups in total. The normalized spacial score (nSPS) is 21.8. The molecule has 7 nitrogen and oxygen atoms in total. The van der Waals surface area contributed by atoms with Gasteiger partial charge in [-0.2, -0.15) is 0 Å². The number of nitrogens with zero attached hydrogens (tertiary/aromatic N) is 2. The molecule has 2 aromatic carbocycles. The standard InChI is InChI=1S/C31H38FN3O4/c1-4-5-26(22-6-8-24(9-7-22)29(38)33-19-16-27(36)37)35-30(39)28(23-10-12-25(32)13-11-23)34-31(35)17-14-21(15-18-31)20(2)3/h6-13,20-21,26H,4-5,14-19H2,1-3H3,(H,33,38)(H,36,37). The Hall–Kier alpha value is -3.55. The lowest BCUT2D eigenvalue weighted by Crippen LogP contribution is -2.51. The summed E-state index contributed by atoms with van der Waals surface area (Å²) in [5.41, 5.74) is 1.71. The quantitative estimate of drug-likeness (QED) is 0.405. The first-order valence-corrected chi connectivity index (χ1v) is 13.9. The van der Waals surface area contributed by atoms with Crippen molar-refractivity contribution in [3.63, 3.8) is 0 Å². The lowest BCUT2D eigenvalue weighted by atomic mass is 9.76. The zero-order valence-electron chi connectivity index (χ0n) is 23.0. The molecule has 1 fully saturated rings. The van der Waals surface area contributed by atoms with Gasteiger partial charge in [-0.3, -0.25) is 19.4 Å². The molecule has 4 rings (SSSR count). The fraction of sp³-hybridized carbons (Fsp3) is 0.484. The van der Waals surface area contributed by atoms with Gasteiger partial charge in [0.15, 0.2) is 0 Å². The fourth-order valence-corrected chi connectivity index (χ4v) is 5.92. The summed E-state index contributed by atoms with van der Waals surface area (Å²) < 4.78 is 13.7. The number of carbonyl (C=O) groups is 3. The molecule has 8 heteroatoms. The number of hydrogen-bond acceptors (Lipinski definition) is 4. The van der Waals surface area contributed by atoms with E-state index in [1.54, 1.807) is 24.3 Å². The van der Waals surface area contributed by atoms with Gasteiger partial charge in [-0.05, 0) is 85.9 Å². The van der Waals surface area contributed by atoms with Gasteiger partial charge in [-0.25, -0.2) is 4.39 Å². The first-order valence-electron chi connectivity index (χ1n) is 13.9. The Morgan fingerprint density at radius 3 is 2.31 bits per heavy atom. The molecule has 39 heavy (non-hydrogen) atoms. The number of amides is 2. The molecule has 2 amide bonds. The highest BCUT2D eigenvalue weighted by Gasteiger charge is 2.51. The van der Waals surface area contributed by atoms with Crippen molar-refractivity contribution in [2.45, 2.75) is 77.4 Å². The van der Waals surface area contributed by atoms with Crippen molar-refractivity contribution in [1.82, 2.24) is 10.2 Å². The highest BCUT2D eigenvalue weighted by molar-refractivity contribution is 6.46. The van der Waals surface area contributed by atoms with E-state index < -0.39 is 11.6 Å². The summed E-state index contributed by atoms with van der Waals surface area (Å²) in [4.78, 5) is 44.4. The van der Waals surface area contributed by atoms with Crippen LogP contribution in [0.3, 0.4) is 0 Å². The summed E-state index contributed by atoms with van der Waals surface area (Å²) in [6.07, 6.45) is 4.95. The van der Waals surface area contributed by atoms with E-state index in [2.05, 4.69) is 26.1 Å². The van der Waals surface area contributed by atoms with Gasteiger partial charge in [0.1, 0.15) is 17.2 Å². The largest absolute Gasteiger partial charge is 0.481 e. The van der Waals surface area contributed by atoms with E-state index in [9.17, 15) is 18.8 Å². The number of aliphatic imine (C=N–C) groups is 1. The number of carbonyl (C=O) groups excluding carboxylic acids is 2. The second-order valence-corrected chi connectivity index (χ2v) is 11.0. The van der Waals surface area contributed by atoms with E-state index in [0.717, 1.165) is 44.1 Å². The maximum absolute atomic E-state index is 14.1. The second kappa shape index (κ2) is 12.1. The predicted octanol–water partition coefficient (Wildman–Crippen LogP) is 5.75. The van der Waals surface area contributed by atoms with E-state index in [0.29, 0.717) is 28.7 Å². The van der Waals surface area contributed by atoms with Crippen molar-refractivity contribution in [2.75, 3.05) is 6.54 Å². The molecule has 0 saturated heterocycles. The Kier molecular flexibility index (Phi) is 8.83. The molecule has 0 aromatic heterocycles. The number of hydrogen-bond donors (Lipinski definition) is 2. The topological polar surface area (TPSA) is 99.1 Å². The van der Waals surface area contributed by atoms with Crippen molar-refractivity contribution in [1.29, 1.82) is 0 Å². The molecule has 1 aliphatic carbocycles. The SMILES string of the molecule is CCCC(c1ccc(C(=O)NCCC(=O)O)cc1)N1C(=O)C(c2ccc(F)cc2)=NC12CCC(C(C)C)CC2. The van der Waals surface area contributed by atoms with Crippen LogP contribution < -0.4 is 5.32 Å². The number of nitrogens with one attached hydrogen (secondary N) is 1. The summed E-state index contributed by atoms with van der Waals surface area (Å²) in [5, 5.41) is 11.4. The summed E-state index contributed by atoms with van der Waals surface area (Å²) in [6.45, 7) is 6.63. The van der Waals surface area contributed by atoms with Crippen LogP contribution in [0.5, 0.6) is 0 Å². The van der Waals surface area contributed by atoms with Crippen LogP contribution in [-0.4, -0.2) is 45.7 Å². The van der Waals surface area contributed by atoms with Gasteiger partial charge in [0, 0.05) is 17.7 Å². The molecule has 2 aliphatic rings. The van der Waals surface area contributed by atoms with E-state index >= 15 is 0 Å². The maximum atomic E-state index is 14.1. The monoisotopic (exact) mass is 535 g/mol. The lowest BCUT2D eigenvalue weighted by Gasteiger charge is -2.46. The van der Waals surface area contributed by atoms with Gasteiger partial charge in [0.2, 0.25) is 0 Å². The molecule has 1 heterocycles. The van der Waals surface area contributed by atoms with Crippen LogP contribution in [0.25, 0.3) is 0 Å². The third kappa shape index (κ3) is 6.21. The van der Waals surface area contributed by atoms with Crippen molar-refractivity contribution >= 4 is 23.5 Å². The Labute approximate surface area is 229 Å². The van der Waals surface area contributed by atoms with Crippen LogP contribution >= 0.6 is 0 Å². The number of benzene rings is 2. The molecule has 1 aliphatic heterocycles. The molecule has 0 bridgehead atoms. The minimum Gasteiger partial charge on any atom is -0.481 e. The molecule has 208 valence electrons. The average molecular weight is 536 g/mol. The fourth-order valence-electron chi connectivity index (χ4n) is 5.92. The minimum atomic E-state index is -0.970. The first kappa shape index (κ1) is 28.5. The number of rotatable bonds is 10. The van der Waals surface area contributed by atoms with Gasteiger partial charge in [0.25, 0.3) is 11.8 Å². The van der Waals surface area contributed by atoms with Crippen LogP contribution in [0.2, 0.25) is 0 Å². The number of carboxylic acids is 1. The van der Waals surface area contributed by atoms with Crippen molar-refractivity contribution < 1.29 is 23.9 Å². The molecule has 0 radical (unpaired) electrons. The zero-order valence-corrected chi connectivity index (χ0v) is 23.0.